The first kappa shape index (κ1) is 11.7. The summed E-state index contributed by atoms with van der Waals surface area (Å²) in [5.74, 6) is -1.55. The van der Waals surface area contributed by atoms with Gasteiger partial charge in [-0.3, -0.25) is 0 Å². The molecule has 1 aromatic carbocycles. The molecule has 0 saturated heterocycles. The average molecular weight is 236 g/mol. The second-order valence-electron chi connectivity index (χ2n) is 2.69. The third kappa shape index (κ3) is 3.71. The van der Waals surface area contributed by atoms with Crippen LogP contribution in [0.15, 0.2) is 18.2 Å². The molecular weight excluding hydrogens is 230 g/mol. The van der Waals surface area contributed by atoms with Gasteiger partial charge in [0.25, 0.3) is 0 Å². The largest absolute Gasteiger partial charge is 0.550 e. The Kier molecular flexibility index (Phi) is 3.85. The normalized spacial score (nSPS) is 10.4. The third-order valence-corrected chi connectivity index (χ3v) is 1.87. The molecule has 0 radical (unpaired) electrons. The van der Waals surface area contributed by atoms with Crippen molar-refractivity contribution in [1.82, 2.24) is 0 Å². The van der Waals surface area contributed by atoms with Crippen molar-refractivity contribution in [3.8, 4) is 5.75 Å². The molecule has 1 rings (SSSR count). The number of halogens is 3. The number of carboxylic acids is 1. The predicted molar refractivity (Wildman–Crippen MR) is 46.8 cm³/mol. The van der Waals surface area contributed by atoms with Gasteiger partial charge in [-0.2, -0.15) is 8.78 Å². The lowest BCUT2D eigenvalue weighted by molar-refractivity contribution is -0.304. The van der Waals surface area contributed by atoms with Gasteiger partial charge in [-0.05, 0) is 17.7 Å². The molecule has 0 N–H and O–H groups in total. The van der Waals surface area contributed by atoms with Crippen LogP contribution in [0.25, 0.3) is 0 Å². The van der Waals surface area contributed by atoms with Gasteiger partial charge in [-0.15, -0.1) is 0 Å². The van der Waals surface area contributed by atoms with E-state index in [9.17, 15) is 18.7 Å². The lowest BCUT2D eigenvalue weighted by atomic mass is 10.1. The summed E-state index contributed by atoms with van der Waals surface area (Å²) in [6, 6.07) is 3.83. The standard InChI is InChI=1S/C9H7ClF2O3/c10-6-2-1-5(4-8(13)14)3-7(6)15-9(11)12/h1-3,9H,4H2,(H,13,14)/p-1. The number of carboxylic acid groups (broad SMARTS) is 1. The van der Waals surface area contributed by atoms with Crippen molar-refractivity contribution in [1.29, 1.82) is 0 Å². The molecule has 6 heteroatoms. The van der Waals surface area contributed by atoms with Crippen LogP contribution >= 0.6 is 11.6 Å². The second kappa shape index (κ2) is 4.93. The molecular formula is C9H6ClF2O3-. The molecule has 0 atom stereocenters. The summed E-state index contributed by atoms with van der Waals surface area (Å²) < 4.78 is 27.9. The van der Waals surface area contributed by atoms with E-state index in [1.807, 2.05) is 0 Å². The second-order valence-corrected chi connectivity index (χ2v) is 3.10. The van der Waals surface area contributed by atoms with E-state index in [4.69, 9.17) is 11.6 Å². The number of carbonyl (C=O) groups excluding carboxylic acids is 1. The summed E-state index contributed by atoms with van der Waals surface area (Å²) >= 11 is 5.56. The summed E-state index contributed by atoms with van der Waals surface area (Å²) in [5, 5.41) is 10.3. The Morgan fingerprint density at radius 3 is 2.73 bits per heavy atom. The maximum absolute atomic E-state index is 11.9. The van der Waals surface area contributed by atoms with E-state index in [1.54, 1.807) is 0 Å². The molecule has 0 saturated carbocycles. The lowest BCUT2D eigenvalue weighted by Crippen LogP contribution is -2.24. The summed E-state index contributed by atoms with van der Waals surface area (Å²) in [7, 11) is 0. The number of aliphatic carboxylic acids is 1. The maximum atomic E-state index is 11.9. The summed E-state index contributed by atoms with van der Waals surface area (Å²) in [6.07, 6.45) is -0.378. The van der Waals surface area contributed by atoms with Crippen LogP contribution in [-0.2, 0) is 11.2 Å². The van der Waals surface area contributed by atoms with Crippen LogP contribution in [0.2, 0.25) is 5.02 Å². The van der Waals surface area contributed by atoms with Crippen molar-refractivity contribution in [3.05, 3.63) is 28.8 Å². The van der Waals surface area contributed by atoms with Crippen molar-refractivity contribution < 1.29 is 23.4 Å². The zero-order valence-corrected chi connectivity index (χ0v) is 8.13. The lowest BCUT2D eigenvalue weighted by Gasteiger charge is -2.09. The highest BCUT2D eigenvalue weighted by Crippen LogP contribution is 2.27. The molecule has 82 valence electrons. The van der Waals surface area contributed by atoms with Crippen LogP contribution in [0.5, 0.6) is 5.75 Å². The third-order valence-electron chi connectivity index (χ3n) is 1.56. The molecule has 0 spiro atoms. The van der Waals surface area contributed by atoms with Gasteiger partial charge in [0.15, 0.2) is 0 Å². The fourth-order valence-corrected chi connectivity index (χ4v) is 1.17. The van der Waals surface area contributed by atoms with Gasteiger partial charge in [0.2, 0.25) is 0 Å². The van der Waals surface area contributed by atoms with E-state index < -0.39 is 12.6 Å². The monoisotopic (exact) mass is 235 g/mol. The molecule has 0 unspecified atom stereocenters. The number of carbonyl (C=O) groups is 1. The van der Waals surface area contributed by atoms with Gasteiger partial charge in [-0.25, -0.2) is 0 Å². The Bertz CT molecular complexity index is 368. The number of alkyl halides is 2. The Morgan fingerprint density at radius 2 is 2.20 bits per heavy atom. The van der Waals surface area contributed by atoms with Crippen molar-refractivity contribution in [2.75, 3.05) is 0 Å². The van der Waals surface area contributed by atoms with Gasteiger partial charge >= 0.3 is 6.61 Å². The van der Waals surface area contributed by atoms with E-state index in [1.165, 1.54) is 12.1 Å². The maximum Gasteiger partial charge on any atom is 0.387 e. The van der Waals surface area contributed by atoms with Crippen LogP contribution in [-0.4, -0.2) is 12.6 Å². The van der Waals surface area contributed by atoms with Crippen molar-refractivity contribution in [3.63, 3.8) is 0 Å². The highest BCUT2D eigenvalue weighted by molar-refractivity contribution is 6.32. The predicted octanol–water partition coefficient (Wildman–Crippen LogP) is 1.23. The minimum Gasteiger partial charge on any atom is -0.550 e. The molecule has 3 nitrogen and oxygen atoms in total. The first-order chi connectivity index (χ1) is 6.99. The van der Waals surface area contributed by atoms with Crippen molar-refractivity contribution >= 4 is 17.6 Å². The number of ether oxygens (including phenoxy) is 1. The Labute approximate surface area is 89.2 Å². The van der Waals surface area contributed by atoms with Crippen LogP contribution < -0.4 is 9.84 Å². The number of benzene rings is 1. The van der Waals surface area contributed by atoms with E-state index in [0.717, 1.165) is 6.07 Å². The molecule has 1 aromatic rings. The van der Waals surface area contributed by atoms with Gasteiger partial charge in [0.1, 0.15) is 5.75 Å². The average Bonchev–Trinajstić information content (AvgIpc) is 2.09. The van der Waals surface area contributed by atoms with Crippen molar-refractivity contribution in [2.45, 2.75) is 13.0 Å². The fourth-order valence-electron chi connectivity index (χ4n) is 1.01. The van der Waals surface area contributed by atoms with Crippen LogP contribution in [0, 0.1) is 0 Å². The molecule has 0 aromatic heterocycles. The molecule has 0 aliphatic rings. The zero-order chi connectivity index (χ0) is 11.4. The van der Waals surface area contributed by atoms with E-state index in [-0.39, 0.29) is 22.8 Å². The summed E-state index contributed by atoms with van der Waals surface area (Å²) in [6.45, 7) is -3.00. The van der Waals surface area contributed by atoms with E-state index >= 15 is 0 Å². The van der Waals surface area contributed by atoms with Gasteiger partial charge in [0, 0.05) is 12.4 Å². The zero-order valence-electron chi connectivity index (χ0n) is 7.38. The topological polar surface area (TPSA) is 49.4 Å². The van der Waals surface area contributed by atoms with Gasteiger partial charge in [0.05, 0.1) is 5.02 Å². The van der Waals surface area contributed by atoms with Gasteiger partial charge < -0.3 is 14.6 Å². The summed E-state index contributed by atoms with van der Waals surface area (Å²) in [4.78, 5) is 10.3. The molecule has 0 fully saturated rings. The molecule has 0 heterocycles. The van der Waals surface area contributed by atoms with Crippen LogP contribution in [0.4, 0.5) is 8.78 Å². The molecule has 0 aliphatic heterocycles. The molecule has 0 bridgehead atoms. The highest BCUT2D eigenvalue weighted by Gasteiger charge is 2.09. The van der Waals surface area contributed by atoms with Crippen LogP contribution in [0.1, 0.15) is 5.56 Å². The highest BCUT2D eigenvalue weighted by atomic mass is 35.5. The first-order valence-electron chi connectivity index (χ1n) is 3.92. The molecule has 15 heavy (non-hydrogen) atoms. The minimum absolute atomic E-state index is 0.00241. The SMILES string of the molecule is O=C([O-])Cc1ccc(Cl)c(OC(F)F)c1. The summed E-state index contributed by atoms with van der Waals surface area (Å²) in [5.41, 5.74) is 0.287. The minimum atomic E-state index is -3.00. The Balaban J connectivity index is 2.89. The molecule has 0 aliphatic carbocycles. The Hall–Kier alpha value is -1.36. The first-order valence-corrected chi connectivity index (χ1v) is 4.30. The number of rotatable bonds is 4. The number of hydrogen-bond acceptors (Lipinski definition) is 3. The Morgan fingerprint density at radius 1 is 1.53 bits per heavy atom. The number of hydrogen-bond donors (Lipinski definition) is 0. The smallest absolute Gasteiger partial charge is 0.387 e. The van der Waals surface area contributed by atoms with Crippen LogP contribution in [0.3, 0.4) is 0 Å². The fraction of sp³-hybridized carbons (Fsp3) is 0.222. The van der Waals surface area contributed by atoms with Gasteiger partial charge in [-0.1, -0.05) is 17.7 Å². The quantitative estimate of drug-likeness (QED) is 0.789. The van der Waals surface area contributed by atoms with E-state index in [2.05, 4.69) is 4.74 Å². The van der Waals surface area contributed by atoms with Crippen molar-refractivity contribution in [2.24, 2.45) is 0 Å². The molecule has 0 amide bonds. The van der Waals surface area contributed by atoms with E-state index in [0.29, 0.717) is 0 Å².